The topological polar surface area (TPSA) is 52.6 Å². The molecule has 0 spiro atoms. The standard InChI is InChI=1S/C20H27ClO4/c1-2-3-8-13-24-19(22)16-10-5-6-11-17(16)20(23)25-14-15-9-4-7-12-18(15)21/h5-6,10-11,15,18H,2-4,7-9,12-14H2,1H3. The summed E-state index contributed by atoms with van der Waals surface area (Å²) in [6.07, 6.45) is 7.08. The van der Waals surface area contributed by atoms with Crippen LogP contribution in [0.4, 0.5) is 0 Å². The molecule has 5 heteroatoms. The van der Waals surface area contributed by atoms with Crippen LogP contribution in [-0.4, -0.2) is 30.5 Å². The van der Waals surface area contributed by atoms with Gasteiger partial charge in [0.1, 0.15) is 0 Å². The van der Waals surface area contributed by atoms with E-state index in [4.69, 9.17) is 21.1 Å². The van der Waals surface area contributed by atoms with E-state index in [1.807, 2.05) is 0 Å². The van der Waals surface area contributed by atoms with Gasteiger partial charge < -0.3 is 9.47 Å². The number of carbonyl (C=O) groups excluding carboxylic acids is 2. The molecule has 25 heavy (non-hydrogen) atoms. The molecule has 2 unspecified atom stereocenters. The van der Waals surface area contributed by atoms with Crippen LogP contribution in [0.25, 0.3) is 0 Å². The fourth-order valence-electron chi connectivity index (χ4n) is 3.04. The molecule has 1 aromatic rings. The summed E-state index contributed by atoms with van der Waals surface area (Å²) >= 11 is 6.31. The Morgan fingerprint density at radius 3 is 2.32 bits per heavy atom. The highest BCUT2D eigenvalue weighted by Gasteiger charge is 2.26. The molecule has 2 atom stereocenters. The lowest BCUT2D eigenvalue weighted by Crippen LogP contribution is -2.26. The maximum Gasteiger partial charge on any atom is 0.339 e. The van der Waals surface area contributed by atoms with E-state index in [9.17, 15) is 9.59 Å². The van der Waals surface area contributed by atoms with Crippen LogP contribution in [0.5, 0.6) is 0 Å². The Bertz CT molecular complexity index is 573. The Morgan fingerprint density at radius 1 is 1.04 bits per heavy atom. The van der Waals surface area contributed by atoms with Crippen molar-refractivity contribution in [2.45, 2.75) is 57.2 Å². The second kappa shape index (κ2) is 10.4. The number of unbranched alkanes of at least 4 members (excludes halogenated alkanes) is 2. The normalized spacial score (nSPS) is 20.1. The van der Waals surface area contributed by atoms with Crippen LogP contribution in [0.15, 0.2) is 24.3 Å². The van der Waals surface area contributed by atoms with Gasteiger partial charge in [0.15, 0.2) is 0 Å². The van der Waals surface area contributed by atoms with E-state index in [1.54, 1.807) is 24.3 Å². The van der Waals surface area contributed by atoms with Gasteiger partial charge in [-0.2, -0.15) is 0 Å². The predicted octanol–water partition coefficient (Wildman–Crippen LogP) is 4.99. The number of rotatable bonds is 8. The third-order valence-electron chi connectivity index (χ3n) is 4.59. The SMILES string of the molecule is CCCCCOC(=O)c1ccccc1C(=O)OCC1CCCCC1Cl. The minimum absolute atomic E-state index is 0.0559. The van der Waals surface area contributed by atoms with Crippen LogP contribution in [0, 0.1) is 5.92 Å². The minimum Gasteiger partial charge on any atom is -0.462 e. The monoisotopic (exact) mass is 366 g/mol. The van der Waals surface area contributed by atoms with Crippen molar-refractivity contribution in [3.8, 4) is 0 Å². The lowest BCUT2D eigenvalue weighted by molar-refractivity contribution is 0.0393. The van der Waals surface area contributed by atoms with Crippen molar-refractivity contribution in [3.63, 3.8) is 0 Å². The second-order valence-electron chi connectivity index (χ2n) is 6.55. The van der Waals surface area contributed by atoms with Gasteiger partial charge in [-0.15, -0.1) is 11.6 Å². The summed E-state index contributed by atoms with van der Waals surface area (Å²) in [7, 11) is 0. The molecule has 1 saturated carbocycles. The second-order valence-corrected chi connectivity index (χ2v) is 7.11. The Labute approximate surface area is 154 Å². The van der Waals surface area contributed by atoms with E-state index in [-0.39, 0.29) is 22.4 Å². The largest absolute Gasteiger partial charge is 0.462 e. The van der Waals surface area contributed by atoms with Gasteiger partial charge in [-0.1, -0.05) is 44.7 Å². The first-order chi connectivity index (χ1) is 12.1. The molecule has 1 aliphatic carbocycles. The summed E-state index contributed by atoms with van der Waals surface area (Å²) in [5.41, 5.74) is 0.514. The lowest BCUT2D eigenvalue weighted by atomic mass is 9.89. The van der Waals surface area contributed by atoms with Crippen molar-refractivity contribution in [2.24, 2.45) is 5.92 Å². The summed E-state index contributed by atoms with van der Waals surface area (Å²) in [6, 6.07) is 6.64. The molecule has 0 aliphatic heterocycles. The van der Waals surface area contributed by atoms with Gasteiger partial charge in [-0.05, 0) is 31.4 Å². The summed E-state index contributed by atoms with van der Waals surface area (Å²) in [5.74, 6) is -0.778. The van der Waals surface area contributed by atoms with E-state index in [1.165, 1.54) is 0 Å². The summed E-state index contributed by atoms with van der Waals surface area (Å²) < 4.78 is 10.7. The molecular formula is C20H27ClO4. The van der Waals surface area contributed by atoms with Crippen molar-refractivity contribution < 1.29 is 19.1 Å². The minimum atomic E-state index is -0.490. The van der Waals surface area contributed by atoms with Crippen LogP contribution >= 0.6 is 11.6 Å². The predicted molar refractivity (Wildman–Crippen MR) is 98.1 cm³/mol. The average molecular weight is 367 g/mol. The first-order valence-corrected chi connectivity index (χ1v) is 9.64. The average Bonchev–Trinajstić information content (AvgIpc) is 2.64. The summed E-state index contributed by atoms with van der Waals surface area (Å²) in [4.78, 5) is 24.7. The molecule has 1 aliphatic rings. The van der Waals surface area contributed by atoms with Gasteiger partial charge in [-0.25, -0.2) is 9.59 Å². The molecule has 1 aromatic carbocycles. The van der Waals surface area contributed by atoms with Crippen molar-refractivity contribution in [1.82, 2.24) is 0 Å². The van der Waals surface area contributed by atoms with E-state index in [2.05, 4.69) is 6.92 Å². The van der Waals surface area contributed by atoms with Crippen molar-refractivity contribution in [1.29, 1.82) is 0 Å². The zero-order chi connectivity index (χ0) is 18.1. The number of alkyl halides is 1. The zero-order valence-electron chi connectivity index (χ0n) is 14.8. The van der Waals surface area contributed by atoms with E-state index >= 15 is 0 Å². The molecule has 0 radical (unpaired) electrons. The fourth-order valence-corrected chi connectivity index (χ4v) is 3.40. The molecule has 0 bridgehead atoms. The van der Waals surface area contributed by atoms with Crippen molar-refractivity contribution in [2.75, 3.05) is 13.2 Å². The highest BCUT2D eigenvalue weighted by molar-refractivity contribution is 6.20. The Balaban J connectivity index is 1.93. The summed E-state index contributed by atoms with van der Waals surface area (Å²) in [6.45, 7) is 2.75. The van der Waals surface area contributed by atoms with Crippen LogP contribution in [0.1, 0.15) is 72.6 Å². The van der Waals surface area contributed by atoms with Gasteiger partial charge in [0.2, 0.25) is 0 Å². The van der Waals surface area contributed by atoms with Crippen LogP contribution in [0.3, 0.4) is 0 Å². The van der Waals surface area contributed by atoms with Gasteiger partial charge >= 0.3 is 11.9 Å². The molecule has 0 saturated heterocycles. The molecule has 4 nitrogen and oxygen atoms in total. The molecule has 138 valence electrons. The third-order valence-corrected chi connectivity index (χ3v) is 5.17. The molecule has 0 heterocycles. The van der Waals surface area contributed by atoms with Crippen LogP contribution in [0.2, 0.25) is 0 Å². The quantitative estimate of drug-likeness (QED) is 0.369. The van der Waals surface area contributed by atoms with Gasteiger partial charge in [0, 0.05) is 11.3 Å². The Kier molecular flexibility index (Phi) is 8.26. The molecule has 0 aromatic heterocycles. The van der Waals surface area contributed by atoms with Gasteiger partial charge in [0.05, 0.1) is 24.3 Å². The molecule has 0 N–H and O–H groups in total. The lowest BCUT2D eigenvalue weighted by Gasteiger charge is -2.26. The van der Waals surface area contributed by atoms with Crippen molar-refractivity contribution >= 4 is 23.5 Å². The van der Waals surface area contributed by atoms with E-state index < -0.39 is 11.9 Å². The first kappa shape index (κ1) is 19.8. The number of ether oxygens (including phenoxy) is 2. The van der Waals surface area contributed by atoms with Gasteiger partial charge in [-0.3, -0.25) is 0 Å². The molecule has 2 rings (SSSR count). The Morgan fingerprint density at radius 2 is 1.68 bits per heavy atom. The van der Waals surface area contributed by atoms with E-state index in [0.717, 1.165) is 44.9 Å². The van der Waals surface area contributed by atoms with Crippen LogP contribution < -0.4 is 0 Å². The smallest absolute Gasteiger partial charge is 0.339 e. The highest BCUT2D eigenvalue weighted by atomic mass is 35.5. The van der Waals surface area contributed by atoms with Crippen molar-refractivity contribution in [3.05, 3.63) is 35.4 Å². The maximum atomic E-state index is 12.4. The molecular weight excluding hydrogens is 340 g/mol. The molecule has 1 fully saturated rings. The number of halogens is 1. The van der Waals surface area contributed by atoms with Gasteiger partial charge in [0.25, 0.3) is 0 Å². The number of carbonyl (C=O) groups is 2. The number of hydrogen-bond donors (Lipinski definition) is 0. The fraction of sp³-hybridized carbons (Fsp3) is 0.600. The first-order valence-electron chi connectivity index (χ1n) is 9.20. The number of hydrogen-bond acceptors (Lipinski definition) is 4. The molecule has 0 amide bonds. The zero-order valence-corrected chi connectivity index (χ0v) is 15.6. The Hall–Kier alpha value is -1.55. The highest BCUT2D eigenvalue weighted by Crippen LogP contribution is 2.29. The third kappa shape index (κ3) is 6.03. The number of esters is 2. The number of benzene rings is 1. The van der Waals surface area contributed by atoms with E-state index in [0.29, 0.717) is 13.2 Å². The van der Waals surface area contributed by atoms with Crippen LogP contribution in [-0.2, 0) is 9.47 Å². The maximum absolute atomic E-state index is 12.4. The summed E-state index contributed by atoms with van der Waals surface area (Å²) in [5, 5.41) is 0.0559.